The van der Waals surface area contributed by atoms with E-state index in [0.29, 0.717) is 12.3 Å². The number of hydrogen-bond donors (Lipinski definition) is 1. The van der Waals surface area contributed by atoms with Gasteiger partial charge < -0.3 is 9.88 Å². The van der Waals surface area contributed by atoms with Gasteiger partial charge in [0.05, 0.1) is 17.6 Å². The molecule has 1 amide bonds. The second kappa shape index (κ2) is 6.07. The fourth-order valence-corrected chi connectivity index (χ4v) is 3.26. The number of nitrogens with one attached hydrogen (secondary N) is 1. The maximum Gasteiger partial charge on any atom is 0.227 e. The van der Waals surface area contributed by atoms with Crippen LogP contribution >= 0.6 is 0 Å². The van der Waals surface area contributed by atoms with Crippen LogP contribution in [0.2, 0.25) is 0 Å². The second-order valence-corrected chi connectivity index (χ2v) is 6.37. The molecule has 0 spiro atoms. The van der Waals surface area contributed by atoms with Gasteiger partial charge in [0, 0.05) is 30.9 Å². The van der Waals surface area contributed by atoms with E-state index >= 15 is 0 Å². The third-order valence-electron chi connectivity index (χ3n) is 4.61. The number of carbonyl (C=O) groups excluding carboxylic acids is 1. The number of pyridine rings is 1. The quantitative estimate of drug-likeness (QED) is 0.802. The number of carbonyl (C=O) groups is 1. The number of nitrogens with zero attached hydrogens (tertiary/aromatic N) is 2. The number of aromatic amines is 1. The molecular weight excluding hydrogens is 305 g/mol. The van der Waals surface area contributed by atoms with E-state index < -0.39 is 0 Å². The summed E-state index contributed by atoms with van der Waals surface area (Å²) in [5.74, 6) is 0.272. The lowest BCUT2D eigenvalue weighted by atomic mass is 9.93. The third-order valence-corrected chi connectivity index (χ3v) is 4.61. The van der Waals surface area contributed by atoms with E-state index in [1.165, 1.54) is 17.5 Å². The van der Waals surface area contributed by atoms with Crippen LogP contribution in [0, 0.1) is 11.7 Å². The molecule has 3 aromatic rings. The van der Waals surface area contributed by atoms with E-state index in [2.05, 4.69) is 9.97 Å². The predicted octanol–water partition coefficient (Wildman–Crippen LogP) is 2.95. The number of likely N-dealkylation sites (tertiary alicyclic amines) is 1. The minimum Gasteiger partial charge on any atom is -0.360 e. The molecule has 1 aliphatic rings. The van der Waals surface area contributed by atoms with E-state index in [0.717, 1.165) is 36.3 Å². The minimum absolute atomic E-state index is 0.101. The molecule has 0 unspecified atom stereocenters. The van der Waals surface area contributed by atoms with E-state index in [1.807, 2.05) is 29.4 Å². The first kappa shape index (κ1) is 14.9. The normalized spacial score (nSPS) is 14.8. The summed E-state index contributed by atoms with van der Waals surface area (Å²) >= 11 is 0. The van der Waals surface area contributed by atoms with Gasteiger partial charge >= 0.3 is 0 Å². The molecule has 24 heavy (non-hydrogen) atoms. The van der Waals surface area contributed by atoms with Gasteiger partial charge in [0.2, 0.25) is 5.91 Å². The average Bonchev–Trinajstić information content (AvgIpc) is 3.02. The predicted molar refractivity (Wildman–Crippen MR) is 90.0 cm³/mol. The highest BCUT2D eigenvalue weighted by atomic mass is 19.1. The van der Waals surface area contributed by atoms with Crippen molar-refractivity contribution in [1.82, 2.24) is 14.9 Å². The van der Waals surface area contributed by atoms with Crippen molar-refractivity contribution in [3.63, 3.8) is 0 Å². The molecule has 122 valence electrons. The Labute approximate surface area is 139 Å². The molecule has 1 N–H and O–H groups in total. The highest BCUT2D eigenvalue weighted by Gasteiger charge is 2.31. The highest BCUT2D eigenvalue weighted by molar-refractivity contribution is 5.81. The Morgan fingerprint density at radius 2 is 2.00 bits per heavy atom. The monoisotopic (exact) mass is 323 g/mol. The van der Waals surface area contributed by atoms with Crippen LogP contribution in [-0.2, 0) is 17.6 Å². The van der Waals surface area contributed by atoms with Crippen LogP contribution in [-0.4, -0.2) is 33.9 Å². The smallest absolute Gasteiger partial charge is 0.227 e. The van der Waals surface area contributed by atoms with Gasteiger partial charge in [-0.15, -0.1) is 0 Å². The fourth-order valence-electron chi connectivity index (χ4n) is 3.26. The van der Waals surface area contributed by atoms with Crippen molar-refractivity contribution in [2.75, 3.05) is 13.1 Å². The molecule has 3 heterocycles. The van der Waals surface area contributed by atoms with Gasteiger partial charge in [0.15, 0.2) is 0 Å². The SMILES string of the molecule is O=C(Cc1ccc(F)cc1)N1CC(Cc2nccc3cc[nH]c23)C1. The maximum atomic E-state index is 12.9. The first-order valence-corrected chi connectivity index (χ1v) is 8.12. The summed E-state index contributed by atoms with van der Waals surface area (Å²) in [5.41, 5.74) is 3.00. The number of rotatable bonds is 4. The number of fused-ring (bicyclic) bond motifs is 1. The molecule has 1 saturated heterocycles. The van der Waals surface area contributed by atoms with Gasteiger partial charge in [0.1, 0.15) is 5.82 Å². The molecular formula is C19H18FN3O. The summed E-state index contributed by atoms with van der Waals surface area (Å²) in [4.78, 5) is 21.8. The summed E-state index contributed by atoms with van der Waals surface area (Å²) < 4.78 is 12.9. The zero-order chi connectivity index (χ0) is 16.5. The van der Waals surface area contributed by atoms with Gasteiger partial charge in [-0.3, -0.25) is 9.78 Å². The Hall–Kier alpha value is -2.69. The molecule has 0 bridgehead atoms. The van der Waals surface area contributed by atoms with Crippen LogP contribution in [0.4, 0.5) is 4.39 Å². The van der Waals surface area contributed by atoms with Crippen LogP contribution in [0.1, 0.15) is 11.3 Å². The largest absolute Gasteiger partial charge is 0.360 e. The van der Waals surface area contributed by atoms with Crippen LogP contribution in [0.25, 0.3) is 10.9 Å². The lowest BCUT2D eigenvalue weighted by Gasteiger charge is -2.39. The van der Waals surface area contributed by atoms with Crippen LogP contribution in [0.5, 0.6) is 0 Å². The Bertz CT molecular complexity index is 866. The standard InChI is InChI=1S/C19H18FN3O/c20-16-3-1-13(2-4-16)10-18(24)23-11-14(12-23)9-17-19-15(5-7-21-17)6-8-22-19/h1-8,14,22H,9-12H2. The van der Waals surface area contributed by atoms with Crippen molar-refractivity contribution in [3.8, 4) is 0 Å². The number of H-pyrrole nitrogens is 1. The molecule has 0 saturated carbocycles. The summed E-state index contributed by atoms with van der Waals surface area (Å²) in [6.45, 7) is 1.53. The lowest BCUT2D eigenvalue weighted by molar-refractivity contribution is -0.136. The van der Waals surface area contributed by atoms with Gasteiger partial charge in [-0.2, -0.15) is 0 Å². The molecule has 0 aliphatic carbocycles. The van der Waals surface area contributed by atoms with Crippen LogP contribution in [0.3, 0.4) is 0 Å². The first-order valence-electron chi connectivity index (χ1n) is 8.12. The van der Waals surface area contributed by atoms with E-state index in [4.69, 9.17) is 0 Å². The van der Waals surface area contributed by atoms with Crippen molar-refractivity contribution in [2.24, 2.45) is 5.92 Å². The molecule has 2 aromatic heterocycles. The molecule has 5 heteroatoms. The number of aromatic nitrogens is 2. The fraction of sp³-hybridized carbons (Fsp3) is 0.263. The van der Waals surface area contributed by atoms with Crippen LogP contribution < -0.4 is 0 Å². The Morgan fingerprint density at radius 1 is 1.21 bits per heavy atom. The molecule has 4 nitrogen and oxygen atoms in total. The first-order chi connectivity index (χ1) is 11.7. The lowest BCUT2D eigenvalue weighted by Crippen LogP contribution is -2.51. The molecule has 1 aliphatic heterocycles. The zero-order valence-corrected chi connectivity index (χ0v) is 13.2. The molecule has 1 aromatic carbocycles. The van der Waals surface area contributed by atoms with Crippen molar-refractivity contribution < 1.29 is 9.18 Å². The Balaban J connectivity index is 1.34. The summed E-state index contributed by atoms with van der Waals surface area (Å²) in [5, 5.41) is 1.17. The van der Waals surface area contributed by atoms with Crippen LogP contribution in [0.15, 0.2) is 48.8 Å². The average molecular weight is 323 g/mol. The molecule has 4 rings (SSSR count). The third kappa shape index (κ3) is 2.89. The summed E-state index contributed by atoms with van der Waals surface area (Å²) in [6, 6.07) is 10.2. The molecule has 0 atom stereocenters. The van der Waals surface area contributed by atoms with Gasteiger partial charge in [0.25, 0.3) is 0 Å². The maximum absolute atomic E-state index is 12.9. The number of hydrogen-bond acceptors (Lipinski definition) is 2. The van der Waals surface area contributed by atoms with Crippen molar-refractivity contribution in [1.29, 1.82) is 0 Å². The van der Waals surface area contributed by atoms with Gasteiger partial charge in [-0.25, -0.2) is 4.39 Å². The molecule has 1 fully saturated rings. The highest BCUT2D eigenvalue weighted by Crippen LogP contribution is 2.24. The Morgan fingerprint density at radius 3 is 2.79 bits per heavy atom. The van der Waals surface area contributed by atoms with Gasteiger partial charge in [-0.05, 0) is 42.2 Å². The number of benzene rings is 1. The zero-order valence-electron chi connectivity index (χ0n) is 13.2. The van der Waals surface area contributed by atoms with Crippen molar-refractivity contribution in [2.45, 2.75) is 12.8 Å². The van der Waals surface area contributed by atoms with E-state index in [-0.39, 0.29) is 11.7 Å². The van der Waals surface area contributed by atoms with Crippen molar-refractivity contribution >= 4 is 16.8 Å². The van der Waals surface area contributed by atoms with Crippen molar-refractivity contribution in [3.05, 3.63) is 65.9 Å². The summed E-state index contributed by atoms with van der Waals surface area (Å²) in [6.07, 6.45) is 4.96. The van der Waals surface area contributed by atoms with E-state index in [1.54, 1.807) is 12.1 Å². The second-order valence-electron chi connectivity index (χ2n) is 6.37. The van der Waals surface area contributed by atoms with E-state index in [9.17, 15) is 9.18 Å². The minimum atomic E-state index is -0.277. The summed E-state index contributed by atoms with van der Waals surface area (Å²) in [7, 11) is 0. The molecule has 0 radical (unpaired) electrons. The Kier molecular flexibility index (Phi) is 3.76. The topological polar surface area (TPSA) is 49.0 Å². The van der Waals surface area contributed by atoms with Gasteiger partial charge in [-0.1, -0.05) is 12.1 Å². The number of amides is 1. The number of halogens is 1.